The van der Waals surface area contributed by atoms with Crippen LogP contribution in [0, 0.1) is 6.92 Å². The molecule has 0 fully saturated rings. The van der Waals surface area contributed by atoms with Crippen molar-refractivity contribution in [1.82, 2.24) is 10.2 Å². The van der Waals surface area contributed by atoms with Gasteiger partial charge in [-0.1, -0.05) is 25.1 Å². The van der Waals surface area contributed by atoms with E-state index in [4.69, 9.17) is 4.74 Å². The lowest BCUT2D eigenvalue weighted by Gasteiger charge is -2.25. The summed E-state index contributed by atoms with van der Waals surface area (Å²) in [5.41, 5.74) is 2.58. The number of hydrogen-bond acceptors (Lipinski definition) is 3. The quantitative estimate of drug-likeness (QED) is 0.867. The largest absolute Gasteiger partial charge is 0.493 e. The second-order valence-electron chi connectivity index (χ2n) is 6.23. The Kier molecular flexibility index (Phi) is 6.07. The first kappa shape index (κ1) is 16.3. The van der Waals surface area contributed by atoms with Gasteiger partial charge in [-0.3, -0.25) is 0 Å². The maximum absolute atomic E-state index is 5.94. The number of nitrogens with zero attached hydrogens (tertiary/aromatic N) is 1. The van der Waals surface area contributed by atoms with Gasteiger partial charge in [-0.25, -0.2) is 0 Å². The number of likely N-dealkylation sites (N-methyl/N-ethyl adjacent to an activating group) is 1. The zero-order valence-electron chi connectivity index (χ0n) is 14.0. The lowest BCUT2D eigenvalue weighted by atomic mass is 10.00. The van der Waals surface area contributed by atoms with Crippen LogP contribution in [-0.4, -0.2) is 37.7 Å². The topological polar surface area (TPSA) is 24.5 Å². The van der Waals surface area contributed by atoms with Gasteiger partial charge in [0.05, 0.1) is 6.61 Å². The van der Waals surface area contributed by atoms with Crippen molar-refractivity contribution in [3.05, 3.63) is 29.3 Å². The standard InChI is InChI=1S/C18H30N2O/c1-5-15(3)20(4)12-11-19-17-10-7-13-21-18-14(2)8-6-9-16(17)18/h6,8-9,15,17,19H,5,7,10-13H2,1-4H3. The first-order valence-electron chi connectivity index (χ1n) is 8.29. The Morgan fingerprint density at radius 2 is 2.24 bits per heavy atom. The molecule has 1 aliphatic heterocycles. The molecule has 21 heavy (non-hydrogen) atoms. The molecule has 1 heterocycles. The Bertz CT molecular complexity index is 447. The molecule has 2 unspecified atom stereocenters. The van der Waals surface area contributed by atoms with E-state index in [1.165, 1.54) is 17.5 Å². The average molecular weight is 290 g/mol. The van der Waals surface area contributed by atoms with Gasteiger partial charge in [-0.2, -0.15) is 0 Å². The number of nitrogens with one attached hydrogen (secondary N) is 1. The van der Waals surface area contributed by atoms with Crippen LogP contribution in [0.3, 0.4) is 0 Å². The summed E-state index contributed by atoms with van der Waals surface area (Å²) in [4.78, 5) is 2.43. The first-order chi connectivity index (χ1) is 10.1. The SMILES string of the molecule is CCC(C)N(C)CCNC1CCCOc2c(C)cccc21. The third-order valence-corrected chi connectivity index (χ3v) is 4.70. The van der Waals surface area contributed by atoms with Gasteiger partial charge in [0.1, 0.15) is 5.75 Å². The summed E-state index contributed by atoms with van der Waals surface area (Å²) in [5.74, 6) is 1.10. The molecule has 1 aliphatic rings. The molecular weight excluding hydrogens is 260 g/mol. The van der Waals surface area contributed by atoms with Crippen molar-refractivity contribution in [2.45, 2.75) is 52.1 Å². The van der Waals surface area contributed by atoms with Crippen molar-refractivity contribution >= 4 is 0 Å². The highest BCUT2D eigenvalue weighted by molar-refractivity contribution is 5.43. The normalized spacial score (nSPS) is 19.8. The summed E-state index contributed by atoms with van der Waals surface area (Å²) in [5, 5.41) is 3.73. The number of rotatable bonds is 6. The third kappa shape index (κ3) is 4.21. The maximum Gasteiger partial charge on any atom is 0.126 e. The Morgan fingerprint density at radius 3 is 3.00 bits per heavy atom. The minimum absolute atomic E-state index is 0.424. The van der Waals surface area contributed by atoms with Crippen molar-refractivity contribution < 1.29 is 4.74 Å². The third-order valence-electron chi connectivity index (χ3n) is 4.70. The van der Waals surface area contributed by atoms with Gasteiger partial charge in [0.15, 0.2) is 0 Å². The predicted molar refractivity (Wildman–Crippen MR) is 89.0 cm³/mol. The fourth-order valence-corrected chi connectivity index (χ4v) is 2.92. The molecule has 3 nitrogen and oxygen atoms in total. The molecule has 1 aromatic carbocycles. The van der Waals surface area contributed by atoms with Crippen molar-refractivity contribution in [3.63, 3.8) is 0 Å². The molecule has 0 saturated carbocycles. The van der Waals surface area contributed by atoms with Crippen LogP contribution in [0.5, 0.6) is 5.75 Å². The van der Waals surface area contributed by atoms with Crippen LogP contribution in [0.15, 0.2) is 18.2 Å². The molecule has 0 aromatic heterocycles. The highest BCUT2D eigenvalue weighted by Gasteiger charge is 2.20. The summed E-state index contributed by atoms with van der Waals surface area (Å²) in [6.45, 7) is 9.63. The van der Waals surface area contributed by atoms with Crippen LogP contribution < -0.4 is 10.1 Å². The number of ether oxygens (including phenoxy) is 1. The molecule has 118 valence electrons. The second-order valence-corrected chi connectivity index (χ2v) is 6.23. The van der Waals surface area contributed by atoms with E-state index >= 15 is 0 Å². The number of benzene rings is 1. The molecule has 2 atom stereocenters. The van der Waals surface area contributed by atoms with Crippen molar-refractivity contribution in [3.8, 4) is 5.75 Å². The van der Waals surface area contributed by atoms with E-state index in [1.807, 2.05) is 0 Å². The van der Waals surface area contributed by atoms with Crippen LogP contribution in [0.25, 0.3) is 0 Å². The maximum atomic E-state index is 5.94. The van der Waals surface area contributed by atoms with Gasteiger partial charge >= 0.3 is 0 Å². The van der Waals surface area contributed by atoms with Crippen molar-refractivity contribution in [1.29, 1.82) is 0 Å². The molecule has 0 spiro atoms. The highest BCUT2D eigenvalue weighted by Crippen LogP contribution is 2.33. The van der Waals surface area contributed by atoms with Gasteiger partial charge in [0.25, 0.3) is 0 Å². The summed E-state index contributed by atoms with van der Waals surface area (Å²) < 4.78 is 5.94. The Balaban J connectivity index is 1.96. The number of aryl methyl sites for hydroxylation is 1. The van der Waals surface area contributed by atoms with E-state index in [0.717, 1.165) is 38.3 Å². The minimum Gasteiger partial charge on any atom is -0.493 e. The van der Waals surface area contributed by atoms with Gasteiger partial charge in [-0.05, 0) is 45.7 Å². The number of hydrogen-bond donors (Lipinski definition) is 1. The smallest absolute Gasteiger partial charge is 0.126 e. The van der Waals surface area contributed by atoms with Crippen LogP contribution in [0.1, 0.15) is 50.3 Å². The van der Waals surface area contributed by atoms with Crippen LogP contribution in [-0.2, 0) is 0 Å². The molecule has 0 radical (unpaired) electrons. The molecule has 3 heteroatoms. The lowest BCUT2D eigenvalue weighted by molar-refractivity contribution is 0.247. The molecule has 1 N–H and O–H groups in total. The summed E-state index contributed by atoms with van der Waals surface area (Å²) in [7, 11) is 2.21. The monoisotopic (exact) mass is 290 g/mol. The molecule has 1 aromatic rings. The van der Waals surface area contributed by atoms with Gasteiger partial charge < -0.3 is 15.0 Å². The van der Waals surface area contributed by atoms with Crippen molar-refractivity contribution in [2.24, 2.45) is 0 Å². The molecule has 0 bridgehead atoms. The molecule has 2 rings (SSSR count). The highest BCUT2D eigenvalue weighted by atomic mass is 16.5. The van der Waals surface area contributed by atoms with E-state index in [1.54, 1.807) is 0 Å². The van der Waals surface area contributed by atoms with E-state index in [9.17, 15) is 0 Å². The Labute approximate surface area is 129 Å². The molecular formula is C18H30N2O. The molecule has 0 aliphatic carbocycles. The fraction of sp³-hybridized carbons (Fsp3) is 0.667. The Morgan fingerprint density at radius 1 is 1.43 bits per heavy atom. The van der Waals surface area contributed by atoms with Gasteiger partial charge in [0, 0.05) is 30.7 Å². The van der Waals surface area contributed by atoms with Crippen LogP contribution in [0.4, 0.5) is 0 Å². The summed E-state index contributed by atoms with van der Waals surface area (Å²) in [6.07, 6.45) is 3.48. The van der Waals surface area contributed by atoms with E-state index in [-0.39, 0.29) is 0 Å². The number of fused-ring (bicyclic) bond motifs is 1. The minimum atomic E-state index is 0.424. The Hall–Kier alpha value is -1.06. The zero-order chi connectivity index (χ0) is 15.2. The predicted octanol–water partition coefficient (Wildman–Crippen LogP) is 3.53. The average Bonchev–Trinajstić information content (AvgIpc) is 2.70. The molecule has 0 saturated heterocycles. The van der Waals surface area contributed by atoms with Crippen molar-refractivity contribution in [2.75, 3.05) is 26.7 Å². The van der Waals surface area contributed by atoms with Gasteiger partial charge in [0.2, 0.25) is 0 Å². The van der Waals surface area contributed by atoms with E-state index in [0.29, 0.717) is 12.1 Å². The fourth-order valence-electron chi connectivity index (χ4n) is 2.92. The van der Waals surface area contributed by atoms with E-state index in [2.05, 4.69) is 56.2 Å². The van der Waals surface area contributed by atoms with E-state index < -0.39 is 0 Å². The summed E-state index contributed by atoms with van der Waals surface area (Å²) >= 11 is 0. The second kappa shape index (κ2) is 7.81. The molecule has 0 amide bonds. The summed E-state index contributed by atoms with van der Waals surface area (Å²) in [6, 6.07) is 7.57. The van der Waals surface area contributed by atoms with Crippen LogP contribution in [0.2, 0.25) is 0 Å². The van der Waals surface area contributed by atoms with Gasteiger partial charge in [-0.15, -0.1) is 0 Å². The number of para-hydroxylation sites is 1. The van der Waals surface area contributed by atoms with Crippen LogP contribution >= 0.6 is 0 Å². The lowest BCUT2D eigenvalue weighted by Crippen LogP contribution is -2.36. The first-order valence-corrected chi connectivity index (χ1v) is 8.29. The zero-order valence-corrected chi connectivity index (χ0v) is 14.0.